The van der Waals surface area contributed by atoms with Crippen LogP contribution in [0.1, 0.15) is 21.5 Å². The van der Waals surface area contributed by atoms with Crippen molar-refractivity contribution in [1.82, 2.24) is 9.78 Å². The van der Waals surface area contributed by atoms with Gasteiger partial charge in [-0.3, -0.25) is 19.6 Å². The highest BCUT2D eigenvalue weighted by atomic mass is 79.9. The fraction of sp³-hybridized carbons (Fsp3) is 0.111. The van der Waals surface area contributed by atoms with Crippen LogP contribution in [0, 0.1) is 17.0 Å². The molecule has 0 spiro atoms. The lowest BCUT2D eigenvalue weighted by molar-refractivity contribution is -0.385. The minimum Gasteiger partial charge on any atom is -0.304 e. The average molecular weight is 484 g/mol. The van der Waals surface area contributed by atoms with E-state index in [-0.39, 0.29) is 16.8 Å². The number of carbonyl (C=O) groups is 1. The number of halogens is 3. The van der Waals surface area contributed by atoms with Crippen molar-refractivity contribution < 1.29 is 9.72 Å². The molecule has 0 unspecified atom stereocenters. The highest BCUT2D eigenvalue weighted by molar-refractivity contribution is 9.10. The Balaban J connectivity index is 1.80. The molecule has 1 amide bonds. The van der Waals surface area contributed by atoms with Gasteiger partial charge < -0.3 is 5.32 Å². The molecule has 3 rings (SSSR count). The second-order valence-corrected chi connectivity index (χ2v) is 7.60. The van der Waals surface area contributed by atoms with Crippen LogP contribution in [0.3, 0.4) is 0 Å². The third kappa shape index (κ3) is 4.35. The fourth-order valence-electron chi connectivity index (χ4n) is 2.63. The minimum atomic E-state index is -0.520. The molecule has 1 N–H and O–H groups in total. The maximum absolute atomic E-state index is 12.6. The number of hydrogen-bond donors (Lipinski definition) is 1. The van der Waals surface area contributed by atoms with Crippen LogP contribution in [-0.2, 0) is 6.54 Å². The molecule has 0 aliphatic rings. The van der Waals surface area contributed by atoms with Gasteiger partial charge in [-0.25, -0.2) is 0 Å². The molecule has 1 aromatic heterocycles. The van der Waals surface area contributed by atoms with Crippen LogP contribution in [-0.4, -0.2) is 20.6 Å². The molecule has 0 bridgehead atoms. The number of carbonyl (C=O) groups excluding carboxylic acids is 1. The number of benzene rings is 2. The predicted octanol–water partition coefficient (Wildman–Crippen LogP) is 5.47. The molecule has 0 atom stereocenters. The van der Waals surface area contributed by atoms with E-state index < -0.39 is 10.8 Å². The maximum atomic E-state index is 12.6. The highest BCUT2D eigenvalue weighted by Gasteiger charge is 2.19. The lowest BCUT2D eigenvalue weighted by atomic mass is 10.1. The van der Waals surface area contributed by atoms with Crippen LogP contribution < -0.4 is 5.32 Å². The summed E-state index contributed by atoms with van der Waals surface area (Å²) in [5.74, 6) is -0.183. The van der Waals surface area contributed by atoms with Crippen molar-refractivity contribution >= 4 is 56.5 Å². The van der Waals surface area contributed by atoms with Crippen LogP contribution >= 0.6 is 39.1 Å². The average Bonchev–Trinajstić information content (AvgIpc) is 2.97. The Labute approximate surface area is 178 Å². The molecular formula is C18H13BrCl2N4O3. The molecule has 144 valence electrons. The Bertz CT molecular complexity index is 1080. The molecule has 0 aliphatic heterocycles. The molecule has 0 fully saturated rings. The van der Waals surface area contributed by atoms with E-state index >= 15 is 0 Å². The van der Waals surface area contributed by atoms with Gasteiger partial charge in [0.15, 0.2) is 5.82 Å². The van der Waals surface area contributed by atoms with Gasteiger partial charge >= 0.3 is 0 Å². The maximum Gasteiger partial charge on any atom is 0.273 e. The third-order valence-corrected chi connectivity index (χ3v) is 5.34. The molecule has 0 saturated carbocycles. The van der Waals surface area contributed by atoms with E-state index in [0.717, 1.165) is 5.56 Å². The van der Waals surface area contributed by atoms with Gasteiger partial charge in [0.1, 0.15) is 0 Å². The molecule has 28 heavy (non-hydrogen) atoms. The summed E-state index contributed by atoms with van der Waals surface area (Å²) in [6, 6.07) is 9.62. The van der Waals surface area contributed by atoms with Crippen LogP contribution in [0.2, 0.25) is 10.0 Å². The van der Waals surface area contributed by atoms with Gasteiger partial charge in [0.25, 0.3) is 11.6 Å². The van der Waals surface area contributed by atoms with Crippen LogP contribution in [0.25, 0.3) is 0 Å². The van der Waals surface area contributed by atoms with E-state index in [1.54, 1.807) is 23.0 Å². The summed E-state index contributed by atoms with van der Waals surface area (Å²) in [7, 11) is 0. The smallest absolute Gasteiger partial charge is 0.273 e. The third-order valence-electron chi connectivity index (χ3n) is 4.02. The molecule has 10 heteroatoms. The molecule has 7 nitrogen and oxygen atoms in total. The SMILES string of the molecule is Cc1c(C(=O)Nc2nn(Cc3ccc(Cl)c(Cl)c3)cc2Br)cccc1[N+](=O)[O-]. The lowest BCUT2D eigenvalue weighted by Gasteiger charge is -2.07. The summed E-state index contributed by atoms with van der Waals surface area (Å²) < 4.78 is 2.20. The summed E-state index contributed by atoms with van der Waals surface area (Å²) in [6.45, 7) is 1.95. The van der Waals surface area contributed by atoms with Gasteiger partial charge in [0.2, 0.25) is 0 Å². The predicted molar refractivity (Wildman–Crippen MR) is 111 cm³/mol. The number of nitrogens with zero attached hydrogens (tertiary/aromatic N) is 3. The van der Waals surface area contributed by atoms with Gasteiger partial charge in [0.05, 0.1) is 26.0 Å². The Hall–Kier alpha value is -2.42. The number of hydrogen-bond acceptors (Lipinski definition) is 4. The van der Waals surface area contributed by atoms with Gasteiger partial charge in [-0.2, -0.15) is 5.10 Å². The topological polar surface area (TPSA) is 90.1 Å². The Morgan fingerprint density at radius 1 is 1.29 bits per heavy atom. The first kappa shape index (κ1) is 20.3. The van der Waals surface area contributed by atoms with Gasteiger partial charge in [-0.1, -0.05) is 35.3 Å². The number of anilines is 1. The minimum absolute atomic E-state index is 0.114. The summed E-state index contributed by atoms with van der Waals surface area (Å²) in [5.41, 5.74) is 1.27. The van der Waals surface area contributed by atoms with E-state index in [4.69, 9.17) is 23.2 Å². The molecule has 3 aromatic rings. The van der Waals surface area contributed by atoms with Crippen molar-refractivity contribution in [3.8, 4) is 0 Å². The largest absolute Gasteiger partial charge is 0.304 e. The summed E-state index contributed by atoms with van der Waals surface area (Å²) in [5, 5.41) is 19.0. The van der Waals surface area contributed by atoms with Crippen LogP contribution in [0.15, 0.2) is 47.1 Å². The highest BCUT2D eigenvalue weighted by Crippen LogP contribution is 2.26. The monoisotopic (exact) mass is 482 g/mol. The van der Waals surface area contributed by atoms with Crippen molar-refractivity contribution in [2.45, 2.75) is 13.5 Å². The van der Waals surface area contributed by atoms with Crippen LogP contribution in [0.4, 0.5) is 11.5 Å². The standard InChI is InChI=1S/C18H13BrCl2N4O3/c1-10-12(3-2-4-16(10)25(27)28)18(26)22-17-13(19)9-24(23-17)8-11-5-6-14(20)15(21)7-11/h2-7,9H,8H2,1H3,(H,22,23,26). The number of amides is 1. The first-order valence-corrected chi connectivity index (χ1v) is 9.53. The first-order valence-electron chi connectivity index (χ1n) is 7.98. The normalized spacial score (nSPS) is 10.7. The Kier molecular flexibility index (Phi) is 6.02. The number of nitro benzene ring substituents is 1. The molecule has 1 heterocycles. The molecule has 0 aliphatic carbocycles. The zero-order valence-electron chi connectivity index (χ0n) is 14.4. The second-order valence-electron chi connectivity index (χ2n) is 5.93. The van der Waals surface area contributed by atoms with E-state index in [1.165, 1.54) is 25.1 Å². The lowest BCUT2D eigenvalue weighted by Crippen LogP contribution is -2.15. The fourth-order valence-corrected chi connectivity index (χ4v) is 3.37. The molecule has 0 radical (unpaired) electrons. The summed E-state index contributed by atoms with van der Waals surface area (Å²) in [6.07, 6.45) is 1.71. The van der Waals surface area contributed by atoms with Crippen LogP contribution in [0.5, 0.6) is 0 Å². The number of rotatable bonds is 5. The van der Waals surface area contributed by atoms with E-state index in [2.05, 4.69) is 26.3 Å². The zero-order chi connectivity index (χ0) is 20.4. The van der Waals surface area contributed by atoms with Crippen molar-refractivity contribution in [2.75, 3.05) is 5.32 Å². The van der Waals surface area contributed by atoms with Gasteiger partial charge in [-0.15, -0.1) is 0 Å². The number of nitro groups is 1. The summed E-state index contributed by atoms with van der Waals surface area (Å²) >= 11 is 15.3. The van der Waals surface area contributed by atoms with Gasteiger partial charge in [-0.05, 0) is 46.6 Å². The van der Waals surface area contributed by atoms with E-state index in [1.807, 2.05) is 6.07 Å². The Morgan fingerprint density at radius 2 is 2.04 bits per heavy atom. The van der Waals surface area contributed by atoms with E-state index in [0.29, 0.717) is 26.9 Å². The number of aromatic nitrogens is 2. The zero-order valence-corrected chi connectivity index (χ0v) is 17.5. The molecule has 0 saturated heterocycles. The second kappa shape index (κ2) is 8.30. The Morgan fingerprint density at radius 3 is 2.71 bits per heavy atom. The van der Waals surface area contributed by atoms with Crippen molar-refractivity contribution in [2.24, 2.45) is 0 Å². The summed E-state index contributed by atoms with van der Waals surface area (Å²) in [4.78, 5) is 23.1. The van der Waals surface area contributed by atoms with Crippen molar-refractivity contribution in [3.63, 3.8) is 0 Å². The first-order chi connectivity index (χ1) is 13.3. The van der Waals surface area contributed by atoms with Crippen molar-refractivity contribution in [3.05, 3.63) is 83.9 Å². The quantitative estimate of drug-likeness (QED) is 0.384. The molecule has 2 aromatic carbocycles. The van der Waals surface area contributed by atoms with E-state index in [9.17, 15) is 14.9 Å². The van der Waals surface area contributed by atoms with Gasteiger partial charge in [0, 0.05) is 23.4 Å². The van der Waals surface area contributed by atoms with Crippen molar-refractivity contribution in [1.29, 1.82) is 0 Å². The molecular weight excluding hydrogens is 471 g/mol. The number of nitrogens with one attached hydrogen (secondary N) is 1.